The molecule has 166 valence electrons. The quantitative estimate of drug-likeness (QED) is 0.393. The predicted molar refractivity (Wildman–Crippen MR) is 121 cm³/mol. The molecule has 3 aromatic rings. The van der Waals surface area contributed by atoms with Crippen LogP contribution in [-0.2, 0) is 10.0 Å². The smallest absolute Gasteiger partial charge is 0.269 e. The molecule has 1 amide bonds. The fraction of sp³-hybridized carbons (Fsp3) is 0.174. The van der Waals surface area contributed by atoms with Gasteiger partial charge in [-0.25, -0.2) is 13.1 Å². The van der Waals surface area contributed by atoms with Gasteiger partial charge in [0.2, 0.25) is 10.0 Å². The van der Waals surface area contributed by atoms with Crippen LogP contribution in [-0.4, -0.2) is 19.2 Å². The number of hydrogen-bond donors (Lipinski definition) is 2. The molecule has 0 aromatic heterocycles. The standard InChI is InChI=1S/C23H23N3O5S/c1-16(19-10-6-12-21(14-19)26(28)29)24-23(27)20-11-7-13-22(15-20)32(30,31)25-17(2)18-8-4-3-5-9-18/h3-17,25H,1-2H3,(H,24,27). The molecule has 0 fully saturated rings. The van der Waals surface area contributed by atoms with Gasteiger partial charge in [-0.2, -0.15) is 0 Å². The second-order valence-corrected chi connectivity index (χ2v) is 9.04. The summed E-state index contributed by atoms with van der Waals surface area (Å²) in [4.78, 5) is 23.1. The van der Waals surface area contributed by atoms with Gasteiger partial charge in [-0.05, 0) is 43.2 Å². The molecule has 8 nitrogen and oxygen atoms in total. The van der Waals surface area contributed by atoms with Crippen molar-refractivity contribution in [2.75, 3.05) is 0 Å². The Morgan fingerprint density at radius 2 is 1.53 bits per heavy atom. The Bertz CT molecular complexity index is 1230. The monoisotopic (exact) mass is 453 g/mol. The topological polar surface area (TPSA) is 118 Å². The molecule has 0 saturated heterocycles. The van der Waals surface area contributed by atoms with Crippen LogP contribution >= 0.6 is 0 Å². The highest BCUT2D eigenvalue weighted by Crippen LogP contribution is 2.21. The van der Waals surface area contributed by atoms with Crippen molar-refractivity contribution >= 4 is 21.6 Å². The number of rotatable bonds is 8. The normalized spacial score (nSPS) is 13.2. The molecule has 0 aliphatic carbocycles. The molecule has 0 aliphatic heterocycles. The molecule has 2 unspecified atom stereocenters. The molecule has 0 spiro atoms. The van der Waals surface area contributed by atoms with Crippen LogP contribution in [0.3, 0.4) is 0 Å². The molecule has 0 aliphatic rings. The van der Waals surface area contributed by atoms with Crippen molar-refractivity contribution in [2.45, 2.75) is 30.8 Å². The van der Waals surface area contributed by atoms with Crippen molar-refractivity contribution in [2.24, 2.45) is 0 Å². The summed E-state index contributed by atoms with van der Waals surface area (Å²) in [5, 5.41) is 13.7. The van der Waals surface area contributed by atoms with Crippen LogP contribution in [0.15, 0.2) is 83.8 Å². The van der Waals surface area contributed by atoms with Crippen LogP contribution in [0.4, 0.5) is 5.69 Å². The summed E-state index contributed by atoms with van der Waals surface area (Å²) in [6.45, 7) is 3.44. The molecule has 3 aromatic carbocycles. The summed E-state index contributed by atoms with van der Waals surface area (Å²) >= 11 is 0. The summed E-state index contributed by atoms with van der Waals surface area (Å²) in [6, 6.07) is 19.9. The van der Waals surface area contributed by atoms with Gasteiger partial charge in [0.25, 0.3) is 11.6 Å². The van der Waals surface area contributed by atoms with Gasteiger partial charge in [0.05, 0.1) is 15.9 Å². The average molecular weight is 454 g/mol. The molecular formula is C23H23N3O5S. The maximum atomic E-state index is 12.8. The second kappa shape index (κ2) is 9.71. The van der Waals surface area contributed by atoms with Gasteiger partial charge < -0.3 is 5.32 Å². The number of carbonyl (C=O) groups excluding carboxylic acids is 1. The Labute approximate surface area is 186 Å². The summed E-state index contributed by atoms with van der Waals surface area (Å²) in [5.74, 6) is -0.489. The molecule has 2 N–H and O–H groups in total. The second-order valence-electron chi connectivity index (χ2n) is 7.33. The number of nitrogens with one attached hydrogen (secondary N) is 2. The third-order valence-electron chi connectivity index (χ3n) is 4.97. The van der Waals surface area contributed by atoms with E-state index in [-0.39, 0.29) is 16.1 Å². The lowest BCUT2D eigenvalue weighted by Gasteiger charge is -2.16. The van der Waals surface area contributed by atoms with Gasteiger partial charge in [-0.3, -0.25) is 14.9 Å². The van der Waals surface area contributed by atoms with Crippen molar-refractivity contribution in [3.05, 3.63) is 106 Å². The molecule has 0 bridgehead atoms. The maximum Gasteiger partial charge on any atom is 0.269 e. The minimum absolute atomic E-state index is 0.0315. The number of sulfonamides is 1. The SMILES string of the molecule is CC(NC(=O)c1cccc(S(=O)(=O)NC(C)c2ccccc2)c1)c1cccc([N+](=O)[O-])c1. The number of nitro benzene ring substituents is 1. The van der Waals surface area contributed by atoms with Gasteiger partial charge in [0.15, 0.2) is 0 Å². The number of hydrogen-bond acceptors (Lipinski definition) is 5. The number of non-ortho nitro benzene ring substituents is 1. The van der Waals surface area contributed by atoms with Crippen LogP contribution in [0.1, 0.15) is 47.4 Å². The van der Waals surface area contributed by atoms with E-state index in [0.717, 1.165) is 5.56 Å². The van der Waals surface area contributed by atoms with Gasteiger partial charge in [0.1, 0.15) is 0 Å². The van der Waals surface area contributed by atoms with E-state index < -0.39 is 32.9 Å². The highest BCUT2D eigenvalue weighted by atomic mass is 32.2. The first-order chi connectivity index (χ1) is 15.2. The van der Waals surface area contributed by atoms with Crippen molar-refractivity contribution in [1.29, 1.82) is 0 Å². The Kier molecular flexibility index (Phi) is 7.01. The molecule has 3 rings (SSSR count). The fourth-order valence-electron chi connectivity index (χ4n) is 3.19. The molecule has 2 atom stereocenters. The van der Waals surface area contributed by atoms with Crippen molar-refractivity contribution in [3.8, 4) is 0 Å². The van der Waals surface area contributed by atoms with E-state index in [1.54, 1.807) is 26.0 Å². The van der Waals surface area contributed by atoms with E-state index in [9.17, 15) is 23.3 Å². The lowest BCUT2D eigenvalue weighted by atomic mass is 10.1. The van der Waals surface area contributed by atoms with Crippen LogP contribution in [0, 0.1) is 10.1 Å². The van der Waals surface area contributed by atoms with Gasteiger partial charge in [0, 0.05) is 23.7 Å². The Hall–Kier alpha value is -3.56. The van der Waals surface area contributed by atoms with E-state index in [0.29, 0.717) is 5.56 Å². The number of amides is 1. The number of carbonyl (C=O) groups is 1. The largest absolute Gasteiger partial charge is 0.346 e. The molecule has 0 saturated carbocycles. The van der Waals surface area contributed by atoms with E-state index in [4.69, 9.17) is 0 Å². The van der Waals surface area contributed by atoms with Crippen LogP contribution < -0.4 is 10.0 Å². The Morgan fingerprint density at radius 1 is 0.875 bits per heavy atom. The lowest BCUT2D eigenvalue weighted by Crippen LogP contribution is -2.28. The number of benzene rings is 3. The molecule has 0 heterocycles. The van der Waals surface area contributed by atoms with E-state index in [2.05, 4.69) is 10.0 Å². The first kappa shape index (κ1) is 23.1. The molecule has 9 heteroatoms. The number of nitrogens with zero attached hydrogens (tertiary/aromatic N) is 1. The van der Waals surface area contributed by atoms with Crippen molar-refractivity contribution in [1.82, 2.24) is 10.0 Å². The van der Waals surface area contributed by atoms with Crippen LogP contribution in [0.25, 0.3) is 0 Å². The zero-order chi connectivity index (χ0) is 23.3. The predicted octanol–water partition coefficient (Wildman–Crippen LogP) is 4.13. The number of nitro groups is 1. The minimum Gasteiger partial charge on any atom is -0.346 e. The van der Waals surface area contributed by atoms with Crippen molar-refractivity contribution in [3.63, 3.8) is 0 Å². The van der Waals surface area contributed by atoms with E-state index >= 15 is 0 Å². The Balaban J connectivity index is 1.75. The summed E-state index contributed by atoms with van der Waals surface area (Å²) in [7, 11) is -3.86. The van der Waals surface area contributed by atoms with E-state index in [1.165, 1.54) is 36.4 Å². The molecule has 0 radical (unpaired) electrons. The fourth-order valence-corrected chi connectivity index (χ4v) is 4.46. The molecule has 32 heavy (non-hydrogen) atoms. The van der Waals surface area contributed by atoms with Gasteiger partial charge in [-0.15, -0.1) is 0 Å². The molecular weight excluding hydrogens is 430 g/mol. The maximum absolute atomic E-state index is 12.8. The zero-order valence-corrected chi connectivity index (χ0v) is 18.4. The first-order valence-corrected chi connectivity index (χ1v) is 11.4. The lowest BCUT2D eigenvalue weighted by molar-refractivity contribution is -0.384. The summed E-state index contributed by atoms with van der Waals surface area (Å²) < 4.78 is 28.3. The third-order valence-corrected chi connectivity index (χ3v) is 6.51. The third kappa shape index (κ3) is 5.57. The highest BCUT2D eigenvalue weighted by Gasteiger charge is 2.21. The van der Waals surface area contributed by atoms with Crippen LogP contribution in [0.5, 0.6) is 0 Å². The van der Waals surface area contributed by atoms with Crippen molar-refractivity contribution < 1.29 is 18.1 Å². The summed E-state index contributed by atoms with van der Waals surface area (Å²) in [6.07, 6.45) is 0. The van der Waals surface area contributed by atoms with Gasteiger partial charge in [-0.1, -0.05) is 48.5 Å². The Morgan fingerprint density at radius 3 is 2.22 bits per heavy atom. The first-order valence-electron chi connectivity index (χ1n) is 9.90. The summed E-state index contributed by atoms with van der Waals surface area (Å²) in [5.41, 5.74) is 1.47. The van der Waals surface area contributed by atoms with E-state index in [1.807, 2.05) is 30.3 Å². The van der Waals surface area contributed by atoms with Gasteiger partial charge >= 0.3 is 0 Å². The van der Waals surface area contributed by atoms with Crippen LogP contribution in [0.2, 0.25) is 0 Å². The average Bonchev–Trinajstić information content (AvgIpc) is 2.79. The zero-order valence-electron chi connectivity index (χ0n) is 17.6. The highest BCUT2D eigenvalue weighted by molar-refractivity contribution is 7.89. The minimum atomic E-state index is -3.86.